The van der Waals surface area contributed by atoms with Crippen molar-refractivity contribution < 1.29 is 4.79 Å². The fourth-order valence-corrected chi connectivity index (χ4v) is 2.77. The molecule has 0 saturated carbocycles. The van der Waals surface area contributed by atoms with Crippen molar-refractivity contribution in [1.82, 2.24) is 10.2 Å². The Bertz CT molecular complexity index is 377. The van der Waals surface area contributed by atoms with Crippen LogP contribution in [0.4, 0.5) is 0 Å². The molecule has 4 nitrogen and oxygen atoms in total. The highest BCUT2D eigenvalue weighted by molar-refractivity contribution is 7.10. The van der Waals surface area contributed by atoms with E-state index in [0.717, 1.165) is 19.6 Å². The van der Waals surface area contributed by atoms with Gasteiger partial charge in [-0.05, 0) is 26.1 Å². The highest BCUT2D eigenvalue weighted by atomic mass is 32.1. The summed E-state index contributed by atoms with van der Waals surface area (Å²) >= 11 is 1.59. The average Bonchev–Trinajstić information content (AvgIpc) is 2.83. The molecule has 1 aliphatic rings. The highest BCUT2D eigenvalue weighted by Gasteiger charge is 2.18. The second-order valence-electron chi connectivity index (χ2n) is 4.29. The molecule has 3 N–H and O–H groups in total. The van der Waals surface area contributed by atoms with Crippen molar-refractivity contribution >= 4 is 17.2 Å². The van der Waals surface area contributed by atoms with Crippen LogP contribution in [0.2, 0.25) is 0 Å². The number of carbonyl (C=O) groups excluding carboxylic acids is 1. The van der Waals surface area contributed by atoms with E-state index in [9.17, 15) is 4.79 Å². The molecule has 2 rings (SSSR count). The summed E-state index contributed by atoms with van der Waals surface area (Å²) in [5.74, 6) is -0.344. The molecular formula is C11H17N3OS. The van der Waals surface area contributed by atoms with Crippen molar-refractivity contribution in [1.29, 1.82) is 0 Å². The number of rotatable bonds is 4. The third kappa shape index (κ3) is 2.81. The normalized spacial score (nSPS) is 21.4. The molecule has 88 valence electrons. The van der Waals surface area contributed by atoms with Gasteiger partial charge in [0.2, 0.25) is 5.91 Å². The van der Waals surface area contributed by atoms with Crippen LogP contribution in [0.5, 0.6) is 0 Å². The smallest absolute Gasteiger partial charge is 0.249 e. The Labute approximate surface area is 99.4 Å². The average molecular weight is 239 g/mol. The van der Waals surface area contributed by atoms with Crippen LogP contribution in [0.15, 0.2) is 11.4 Å². The van der Waals surface area contributed by atoms with Gasteiger partial charge in [0.25, 0.3) is 0 Å². The van der Waals surface area contributed by atoms with Crippen LogP contribution in [0.3, 0.4) is 0 Å². The van der Waals surface area contributed by atoms with E-state index in [1.165, 1.54) is 11.3 Å². The highest BCUT2D eigenvalue weighted by Crippen LogP contribution is 2.15. The van der Waals surface area contributed by atoms with Gasteiger partial charge in [0.1, 0.15) is 0 Å². The van der Waals surface area contributed by atoms with E-state index < -0.39 is 0 Å². The second-order valence-corrected chi connectivity index (χ2v) is 5.29. The number of nitrogens with two attached hydrogens (primary N) is 1. The Morgan fingerprint density at radius 3 is 3.12 bits per heavy atom. The van der Waals surface area contributed by atoms with E-state index in [-0.39, 0.29) is 5.91 Å². The molecule has 1 aliphatic heterocycles. The van der Waals surface area contributed by atoms with Gasteiger partial charge in [-0.15, -0.1) is 11.3 Å². The molecule has 0 aliphatic carbocycles. The number of thiophene rings is 1. The number of amides is 1. The quantitative estimate of drug-likeness (QED) is 0.810. The molecule has 1 unspecified atom stereocenters. The summed E-state index contributed by atoms with van der Waals surface area (Å²) < 4.78 is 0. The largest absolute Gasteiger partial charge is 0.366 e. The van der Waals surface area contributed by atoms with Gasteiger partial charge in [-0.2, -0.15) is 0 Å². The first-order valence-corrected chi connectivity index (χ1v) is 6.32. The fourth-order valence-electron chi connectivity index (χ4n) is 1.95. The van der Waals surface area contributed by atoms with Crippen LogP contribution in [0, 0.1) is 0 Å². The Hall–Kier alpha value is -0.910. The SMILES string of the molecule is CN1CCC(NCc2cc(C(N)=O)cs2)C1. The number of nitrogens with zero attached hydrogens (tertiary/aromatic N) is 1. The zero-order valence-electron chi connectivity index (χ0n) is 9.40. The van der Waals surface area contributed by atoms with Crippen molar-refractivity contribution in [2.75, 3.05) is 20.1 Å². The molecule has 1 aromatic heterocycles. The summed E-state index contributed by atoms with van der Waals surface area (Å²) in [6.07, 6.45) is 1.20. The summed E-state index contributed by atoms with van der Waals surface area (Å²) in [6.45, 7) is 3.10. The third-order valence-electron chi connectivity index (χ3n) is 2.89. The fraction of sp³-hybridized carbons (Fsp3) is 0.545. The third-order valence-corrected chi connectivity index (χ3v) is 3.83. The minimum Gasteiger partial charge on any atom is -0.366 e. The Balaban J connectivity index is 1.83. The van der Waals surface area contributed by atoms with Crippen molar-refractivity contribution in [2.24, 2.45) is 5.73 Å². The molecule has 0 bridgehead atoms. The van der Waals surface area contributed by atoms with Crippen molar-refractivity contribution in [3.05, 3.63) is 21.9 Å². The van der Waals surface area contributed by atoms with E-state index in [2.05, 4.69) is 17.3 Å². The van der Waals surface area contributed by atoms with Crippen LogP contribution in [0.25, 0.3) is 0 Å². The maximum absolute atomic E-state index is 10.9. The number of hydrogen-bond donors (Lipinski definition) is 2. The molecule has 2 heterocycles. The number of likely N-dealkylation sites (N-methyl/N-ethyl adjacent to an activating group) is 1. The summed E-state index contributed by atoms with van der Waals surface area (Å²) in [6, 6.07) is 2.45. The zero-order valence-corrected chi connectivity index (χ0v) is 10.2. The Morgan fingerprint density at radius 2 is 2.56 bits per heavy atom. The predicted octanol–water partition coefficient (Wildman–Crippen LogP) is 0.641. The molecule has 1 atom stereocenters. The molecule has 16 heavy (non-hydrogen) atoms. The van der Waals surface area contributed by atoms with E-state index in [1.54, 1.807) is 11.3 Å². The summed E-state index contributed by atoms with van der Waals surface area (Å²) in [4.78, 5) is 14.4. The molecule has 1 amide bonds. The van der Waals surface area contributed by atoms with Gasteiger partial charge < -0.3 is 16.0 Å². The molecular weight excluding hydrogens is 222 g/mol. The number of primary amides is 1. The van der Waals surface area contributed by atoms with Crippen molar-refractivity contribution in [3.63, 3.8) is 0 Å². The molecule has 1 aromatic rings. The first kappa shape index (κ1) is 11.6. The van der Waals surface area contributed by atoms with Crippen molar-refractivity contribution in [2.45, 2.75) is 19.0 Å². The van der Waals surface area contributed by atoms with Gasteiger partial charge in [0.05, 0.1) is 5.56 Å². The zero-order chi connectivity index (χ0) is 11.5. The maximum Gasteiger partial charge on any atom is 0.249 e. The van der Waals surface area contributed by atoms with E-state index in [0.29, 0.717) is 11.6 Å². The van der Waals surface area contributed by atoms with Crippen LogP contribution < -0.4 is 11.1 Å². The van der Waals surface area contributed by atoms with Crippen molar-refractivity contribution in [3.8, 4) is 0 Å². The first-order valence-electron chi connectivity index (χ1n) is 5.44. The number of nitrogens with one attached hydrogen (secondary N) is 1. The Morgan fingerprint density at radius 1 is 1.75 bits per heavy atom. The second kappa shape index (κ2) is 4.95. The van der Waals surface area contributed by atoms with Crippen LogP contribution >= 0.6 is 11.3 Å². The lowest BCUT2D eigenvalue weighted by molar-refractivity contribution is 0.100. The standard InChI is InChI=1S/C11H17N3OS/c1-14-3-2-9(6-14)13-5-10-4-8(7-16-10)11(12)15/h4,7,9,13H,2-3,5-6H2,1H3,(H2,12,15). The minimum atomic E-state index is -0.344. The van der Waals surface area contributed by atoms with Gasteiger partial charge in [-0.25, -0.2) is 0 Å². The summed E-state index contributed by atoms with van der Waals surface area (Å²) in [5, 5.41) is 5.32. The monoisotopic (exact) mass is 239 g/mol. The lowest BCUT2D eigenvalue weighted by Crippen LogP contribution is -2.30. The van der Waals surface area contributed by atoms with Gasteiger partial charge >= 0.3 is 0 Å². The van der Waals surface area contributed by atoms with Crippen LogP contribution in [0.1, 0.15) is 21.7 Å². The summed E-state index contributed by atoms with van der Waals surface area (Å²) in [5.41, 5.74) is 5.82. The van der Waals surface area contributed by atoms with E-state index in [1.807, 2.05) is 11.4 Å². The van der Waals surface area contributed by atoms with Gasteiger partial charge in [-0.3, -0.25) is 4.79 Å². The minimum absolute atomic E-state index is 0.344. The lowest BCUT2D eigenvalue weighted by atomic mass is 10.2. The van der Waals surface area contributed by atoms with E-state index >= 15 is 0 Å². The molecule has 0 radical (unpaired) electrons. The maximum atomic E-state index is 10.9. The van der Waals surface area contributed by atoms with Crippen LogP contribution in [-0.2, 0) is 6.54 Å². The molecule has 1 saturated heterocycles. The van der Waals surface area contributed by atoms with Crippen LogP contribution in [-0.4, -0.2) is 37.0 Å². The first-order chi connectivity index (χ1) is 7.65. The molecule has 1 fully saturated rings. The van der Waals surface area contributed by atoms with E-state index in [4.69, 9.17) is 5.73 Å². The molecule has 0 aromatic carbocycles. The van der Waals surface area contributed by atoms with Gasteiger partial charge in [0, 0.05) is 29.4 Å². The number of likely N-dealkylation sites (tertiary alicyclic amines) is 1. The molecule has 0 spiro atoms. The summed E-state index contributed by atoms with van der Waals surface area (Å²) in [7, 11) is 2.14. The van der Waals surface area contributed by atoms with Gasteiger partial charge in [0.15, 0.2) is 0 Å². The topological polar surface area (TPSA) is 58.4 Å². The Kier molecular flexibility index (Phi) is 3.58. The number of carbonyl (C=O) groups is 1. The lowest BCUT2D eigenvalue weighted by Gasteiger charge is -2.11. The number of hydrogen-bond acceptors (Lipinski definition) is 4. The predicted molar refractivity (Wildman–Crippen MR) is 65.6 cm³/mol. The van der Waals surface area contributed by atoms with Gasteiger partial charge in [-0.1, -0.05) is 0 Å². The molecule has 5 heteroatoms.